The molecule has 1 atom stereocenters. The number of piperidine rings is 1. The first kappa shape index (κ1) is 10.0. The van der Waals surface area contributed by atoms with Crippen LogP contribution in [0.15, 0.2) is 0 Å². The maximum Gasteiger partial charge on any atom is 0.00217 e. The Morgan fingerprint density at radius 2 is 2.25 bits per heavy atom. The van der Waals surface area contributed by atoms with Crippen molar-refractivity contribution in [2.45, 2.75) is 26.7 Å². The molecule has 1 aliphatic heterocycles. The molecule has 1 N–H and O–H groups in total. The Bertz CT molecular complexity index is 114. The van der Waals surface area contributed by atoms with Gasteiger partial charge in [-0.15, -0.1) is 0 Å². The van der Waals surface area contributed by atoms with Gasteiger partial charge in [0, 0.05) is 6.54 Å². The largest absolute Gasteiger partial charge is 0.317 e. The highest BCUT2D eigenvalue weighted by atomic mass is 15.1. The molecule has 1 saturated heterocycles. The van der Waals surface area contributed by atoms with E-state index >= 15 is 0 Å². The molecule has 0 bridgehead atoms. The van der Waals surface area contributed by atoms with Crippen molar-refractivity contribution in [3.8, 4) is 0 Å². The maximum atomic E-state index is 3.44. The quantitative estimate of drug-likeness (QED) is 0.684. The molecular weight excluding hydrogens is 148 g/mol. The molecular formula is C10H22N2. The van der Waals surface area contributed by atoms with Crippen molar-refractivity contribution in [1.29, 1.82) is 0 Å². The number of likely N-dealkylation sites (tertiary alicyclic amines) is 1. The van der Waals surface area contributed by atoms with Crippen LogP contribution >= 0.6 is 0 Å². The molecule has 0 aliphatic carbocycles. The first-order chi connectivity index (χ1) is 5.86. The van der Waals surface area contributed by atoms with E-state index in [1.807, 2.05) is 0 Å². The molecule has 1 heterocycles. The van der Waals surface area contributed by atoms with Crippen molar-refractivity contribution in [2.75, 3.05) is 32.7 Å². The molecule has 0 aromatic heterocycles. The summed E-state index contributed by atoms with van der Waals surface area (Å²) in [5, 5.41) is 3.44. The predicted molar refractivity (Wildman–Crippen MR) is 53.4 cm³/mol. The molecule has 0 aromatic carbocycles. The van der Waals surface area contributed by atoms with Gasteiger partial charge in [-0.1, -0.05) is 13.8 Å². The highest BCUT2D eigenvalue weighted by molar-refractivity contribution is 4.73. The van der Waals surface area contributed by atoms with Gasteiger partial charge >= 0.3 is 0 Å². The van der Waals surface area contributed by atoms with Crippen LogP contribution in [0.25, 0.3) is 0 Å². The minimum Gasteiger partial charge on any atom is -0.317 e. The van der Waals surface area contributed by atoms with Crippen LogP contribution < -0.4 is 5.32 Å². The normalized spacial score (nSPS) is 26.0. The molecule has 0 saturated carbocycles. The smallest absolute Gasteiger partial charge is 0.00217 e. The predicted octanol–water partition coefficient (Wildman–Crippen LogP) is 1.33. The molecule has 2 nitrogen and oxygen atoms in total. The third-order valence-electron chi connectivity index (χ3n) is 2.73. The highest BCUT2D eigenvalue weighted by Crippen LogP contribution is 2.14. The minimum absolute atomic E-state index is 0.902. The van der Waals surface area contributed by atoms with Crippen LogP contribution in [-0.2, 0) is 0 Å². The molecule has 0 spiro atoms. The number of rotatable bonds is 4. The van der Waals surface area contributed by atoms with Crippen molar-refractivity contribution in [3.63, 3.8) is 0 Å². The van der Waals surface area contributed by atoms with E-state index in [1.54, 1.807) is 0 Å². The Kier molecular flexibility index (Phi) is 4.62. The standard InChI is InChI=1S/C10H22N2/c1-3-11-8-10-6-5-7-12(4-2)9-10/h10-11H,3-9H2,1-2H3. The van der Waals surface area contributed by atoms with Gasteiger partial charge in [0.2, 0.25) is 0 Å². The molecule has 1 aliphatic rings. The number of nitrogens with zero attached hydrogens (tertiary/aromatic N) is 1. The van der Waals surface area contributed by atoms with Crippen LogP contribution in [0.1, 0.15) is 26.7 Å². The lowest BCUT2D eigenvalue weighted by atomic mass is 9.98. The van der Waals surface area contributed by atoms with Crippen LogP contribution in [0.2, 0.25) is 0 Å². The van der Waals surface area contributed by atoms with Crippen molar-refractivity contribution in [3.05, 3.63) is 0 Å². The zero-order valence-electron chi connectivity index (χ0n) is 8.47. The lowest BCUT2D eigenvalue weighted by Gasteiger charge is -2.31. The number of hydrogen-bond acceptors (Lipinski definition) is 2. The maximum absolute atomic E-state index is 3.44. The molecule has 0 aromatic rings. The zero-order valence-corrected chi connectivity index (χ0v) is 8.47. The van der Waals surface area contributed by atoms with E-state index in [-0.39, 0.29) is 0 Å². The summed E-state index contributed by atoms with van der Waals surface area (Å²) in [6, 6.07) is 0. The highest BCUT2D eigenvalue weighted by Gasteiger charge is 2.17. The average Bonchev–Trinajstić information content (AvgIpc) is 2.15. The Labute approximate surface area is 76.3 Å². The monoisotopic (exact) mass is 170 g/mol. The van der Waals surface area contributed by atoms with Gasteiger partial charge in [-0.05, 0) is 44.9 Å². The molecule has 12 heavy (non-hydrogen) atoms. The molecule has 2 heteroatoms. The molecule has 0 radical (unpaired) electrons. The first-order valence-corrected chi connectivity index (χ1v) is 5.29. The van der Waals surface area contributed by atoms with Crippen LogP contribution in [0, 0.1) is 5.92 Å². The summed E-state index contributed by atoms with van der Waals surface area (Å²) in [4.78, 5) is 2.56. The van der Waals surface area contributed by atoms with E-state index in [9.17, 15) is 0 Å². The van der Waals surface area contributed by atoms with Crippen molar-refractivity contribution < 1.29 is 0 Å². The van der Waals surface area contributed by atoms with Gasteiger partial charge in [0.05, 0.1) is 0 Å². The van der Waals surface area contributed by atoms with E-state index in [4.69, 9.17) is 0 Å². The van der Waals surface area contributed by atoms with Crippen LogP contribution in [-0.4, -0.2) is 37.6 Å². The van der Waals surface area contributed by atoms with E-state index in [0.29, 0.717) is 0 Å². The molecule has 1 unspecified atom stereocenters. The number of nitrogens with one attached hydrogen (secondary N) is 1. The SMILES string of the molecule is CCNCC1CCCN(CC)C1. The topological polar surface area (TPSA) is 15.3 Å². The van der Waals surface area contributed by atoms with Gasteiger partial charge in [-0.3, -0.25) is 0 Å². The summed E-state index contributed by atoms with van der Waals surface area (Å²) in [7, 11) is 0. The van der Waals surface area contributed by atoms with Gasteiger partial charge in [-0.2, -0.15) is 0 Å². The second-order valence-electron chi connectivity index (χ2n) is 3.71. The summed E-state index contributed by atoms with van der Waals surface area (Å²) in [5.41, 5.74) is 0. The molecule has 0 amide bonds. The summed E-state index contributed by atoms with van der Waals surface area (Å²) in [6.07, 6.45) is 2.81. The van der Waals surface area contributed by atoms with E-state index in [1.165, 1.54) is 39.0 Å². The van der Waals surface area contributed by atoms with E-state index in [2.05, 4.69) is 24.1 Å². The fraction of sp³-hybridized carbons (Fsp3) is 1.00. The Morgan fingerprint density at radius 1 is 1.42 bits per heavy atom. The molecule has 1 fully saturated rings. The van der Waals surface area contributed by atoms with Crippen molar-refractivity contribution >= 4 is 0 Å². The Morgan fingerprint density at radius 3 is 2.92 bits per heavy atom. The summed E-state index contributed by atoms with van der Waals surface area (Å²) in [5.74, 6) is 0.902. The van der Waals surface area contributed by atoms with Crippen LogP contribution in [0.4, 0.5) is 0 Å². The second-order valence-corrected chi connectivity index (χ2v) is 3.71. The summed E-state index contributed by atoms with van der Waals surface area (Å²) >= 11 is 0. The fourth-order valence-corrected chi connectivity index (χ4v) is 1.95. The van der Waals surface area contributed by atoms with Gasteiger partial charge < -0.3 is 10.2 Å². The third-order valence-corrected chi connectivity index (χ3v) is 2.73. The molecule has 72 valence electrons. The average molecular weight is 170 g/mol. The van der Waals surface area contributed by atoms with E-state index < -0.39 is 0 Å². The van der Waals surface area contributed by atoms with Crippen LogP contribution in [0.3, 0.4) is 0 Å². The summed E-state index contributed by atoms with van der Waals surface area (Å²) < 4.78 is 0. The van der Waals surface area contributed by atoms with Gasteiger partial charge in [0.1, 0.15) is 0 Å². The van der Waals surface area contributed by atoms with Gasteiger partial charge in [0.25, 0.3) is 0 Å². The zero-order chi connectivity index (χ0) is 8.81. The van der Waals surface area contributed by atoms with Crippen LogP contribution in [0.5, 0.6) is 0 Å². The first-order valence-electron chi connectivity index (χ1n) is 5.29. The Hall–Kier alpha value is -0.0800. The Balaban J connectivity index is 2.16. The minimum atomic E-state index is 0.902. The van der Waals surface area contributed by atoms with E-state index in [0.717, 1.165) is 12.5 Å². The van der Waals surface area contributed by atoms with Crippen molar-refractivity contribution in [1.82, 2.24) is 10.2 Å². The molecule has 1 rings (SSSR count). The summed E-state index contributed by atoms with van der Waals surface area (Å²) in [6.45, 7) is 10.6. The third kappa shape index (κ3) is 3.11. The van der Waals surface area contributed by atoms with Gasteiger partial charge in [-0.25, -0.2) is 0 Å². The lowest BCUT2D eigenvalue weighted by Crippen LogP contribution is -2.39. The second kappa shape index (κ2) is 5.55. The van der Waals surface area contributed by atoms with Gasteiger partial charge in [0.15, 0.2) is 0 Å². The fourth-order valence-electron chi connectivity index (χ4n) is 1.95. The number of hydrogen-bond donors (Lipinski definition) is 1. The van der Waals surface area contributed by atoms with Crippen molar-refractivity contribution in [2.24, 2.45) is 5.92 Å². The lowest BCUT2D eigenvalue weighted by molar-refractivity contribution is 0.180.